The second-order valence-electron chi connectivity index (χ2n) is 5.32. The molecule has 0 unspecified atom stereocenters. The van der Waals surface area contributed by atoms with E-state index in [2.05, 4.69) is 17.1 Å². The van der Waals surface area contributed by atoms with Crippen LogP contribution in [0.5, 0.6) is 0 Å². The van der Waals surface area contributed by atoms with Gasteiger partial charge in [0, 0.05) is 6.04 Å². The quantitative estimate of drug-likeness (QED) is 0.691. The number of rotatable bonds is 8. The summed E-state index contributed by atoms with van der Waals surface area (Å²) >= 11 is 0. The molecule has 0 aromatic carbocycles. The number of carbonyl (C=O) groups excluding carboxylic acids is 1. The Bertz CT molecular complexity index is 227. The predicted molar refractivity (Wildman–Crippen MR) is 75.4 cm³/mol. The fraction of sp³-hybridized carbons (Fsp3) is 0.929. The van der Waals surface area contributed by atoms with E-state index in [1.165, 1.54) is 19.3 Å². The highest BCUT2D eigenvalue weighted by Crippen LogP contribution is 2.17. The lowest BCUT2D eigenvalue weighted by molar-refractivity contribution is -0.123. The van der Waals surface area contributed by atoms with Gasteiger partial charge in [-0.05, 0) is 45.3 Å². The van der Waals surface area contributed by atoms with Crippen LogP contribution in [0.25, 0.3) is 0 Å². The van der Waals surface area contributed by atoms with Crippen molar-refractivity contribution in [2.45, 2.75) is 57.9 Å². The van der Waals surface area contributed by atoms with Crippen molar-refractivity contribution in [1.29, 1.82) is 0 Å². The highest BCUT2D eigenvalue weighted by atomic mass is 16.2. The zero-order valence-corrected chi connectivity index (χ0v) is 11.8. The molecule has 0 aliphatic heterocycles. The van der Waals surface area contributed by atoms with Crippen LogP contribution in [0.4, 0.5) is 0 Å². The molecular formula is C14H29N3O. The first kappa shape index (κ1) is 15.4. The van der Waals surface area contributed by atoms with Gasteiger partial charge in [-0.1, -0.05) is 26.2 Å². The molecule has 1 aliphatic carbocycles. The minimum atomic E-state index is 0.187. The number of nitrogens with two attached hydrogens (primary N) is 1. The van der Waals surface area contributed by atoms with Gasteiger partial charge in [-0.3, -0.25) is 9.69 Å². The second-order valence-corrected chi connectivity index (χ2v) is 5.32. The van der Waals surface area contributed by atoms with Crippen LogP contribution in [0, 0.1) is 0 Å². The summed E-state index contributed by atoms with van der Waals surface area (Å²) in [6, 6.07) is 0.421. The first-order valence-corrected chi connectivity index (χ1v) is 7.48. The van der Waals surface area contributed by atoms with Gasteiger partial charge in [0.15, 0.2) is 0 Å². The van der Waals surface area contributed by atoms with Gasteiger partial charge in [0.25, 0.3) is 0 Å². The minimum absolute atomic E-state index is 0.187. The fourth-order valence-corrected chi connectivity index (χ4v) is 2.62. The van der Waals surface area contributed by atoms with E-state index in [0.29, 0.717) is 19.1 Å². The summed E-state index contributed by atoms with van der Waals surface area (Å²) in [6.07, 6.45) is 8.21. The van der Waals surface area contributed by atoms with Gasteiger partial charge in [0.2, 0.25) is 5.91 Å². The largest absolute Gasteiger partial charge is 0.352 e. The molecule has 1 rings (SSSR count). The van der Waals surface area contributed by atoms with E-state index in [0.717, 1.165) is 38.8 Å². The van der Waals surface area contributed by atoms with Crippen molar-refractivity contribution in [2.24, 2.45) is 5.73 Å². The van der Waals surface area contributed by atoms with Gasteiger partial charge in [0.05, 0.1) is 6.54 Å². The van der Waals surface area contributed by atoms with E-state index < -0.39 is 0 Å². The fourth-order valence-electron chi connectivity index (χ4n) is 2.62. The predicted octanol–water partition coefficient (Wildman–Crippen LogP) is 1.50. The molecule has 1 fully saturated rings. The molecule has 1 amide bonds. The zero-order valence-electron chi connectivity index (χ0n) is 11.8. The van der Waals surface area contributed by atoms with E-state index in [4.69, 9.17) is 5.73 Å². The van der Waals surface area contributed by atoms with Crippen molar-refractivity contribution in [2.75, 3.05) is 26.2 Å². The number of hydrogen-bond donors (Lipinski definition) is 2. The minimum Gasteiger partial charge on any atom is -0.352 e. The number of nitrogens with one attached hydrogen (secondary N) is 1. The SMILES string of the molecule is CCCN(CCCN)CC(=O)NC1CCCCC1. The van der Waals surface area contributed by atoms with Crippen molar-refractivity contribution < 1.29 is 4.79 Å². The lowest BCUT2D eigenvalue weighted by Crippen LogP contribution is -2.43. The molecule has 0 atom stereocenters. The average molecular weight is 255 g/mol. The van der Waals surface area contributed by atoms with Crippen molar-refractivity contribution in [3.8, 4) is 0 Å². The molecule has 0 bridgehead atoms. The molecule has 0 aromatic heterocycles. The Labute approximate surface area is 111 Å². The smallest absolute Gasteiger partial charge is 0.234 e. The molecule has 18 heavy (non-hydrogen) atoms. The Kier molecular flexibility index (Phi) is 8.01. The van der Waals surface area contributed by atoms with Gasteiger partial charge in [-0.25, -0.2) is 0 Å². The number of carbonyl (C=O) groups is 1. The molecule has 0 radical (unpaired) electrons. The van der Waals surface area contributed by atoms with Crippen LogP contribution in [-0.4, -0.2) is 43.0 Å². The first-order chi connectivity index (χ1) is 8.76. The van der Waals surface area contributed by atoms with Crippen LogP contribution < -0.4 is 11.1 Å². The highest BCUT2D eigenvalue weighted by Gasteiger charge is 2.17. The Balaban J connectivity index is 2.25. The topological polar surface area (TPSA) is 58.4 Å². The van der Waals surface area contributed by atoms with Crippen molar-refractivity contribution in [3.63, 3.8) is 0 Å². The Morgan fingerprint density at radius 2 is 2.00 bits per heavy atom. The molecule has 1 saturated carbocycles. The van der Waals surface area contributed by atoms with Crippen LogP contribution in [0.3, 0.4) is 0 Å². The molecule has 0 aromatic rings. The Morgan fingerprint density at radius 3 is 2.61 bits per heavy atom. The van der Waals surface area contributed by atoms with Gasteiger partial charge in [0.1, 0.15) is 0 Å². The maximum absolute atomic E-state index is 12.0. The number of amides is 1. The van der Waals surface area contributed by atoms with E-state index >= 15 is 0 Å². The first-order valence-electron chi connectivity index (χ1n) is 7.48. The molecule has 106 valence electrons. The lowest BCUT2D eigenvalue weighted by Gasteiger charge is -2.25. The summed E-state index contributed by atoms with van der Waals surface area (Å²) in [5, 5.41) is 3.17. The van der Waals surface area contributed by atoms with Gasteiger partial charge in [-0.2, -0.15) is 0 Å². The van der Waals surface area contributed by atoms with Crippen molar-refractivity contribution in [3.05, 3.63) is 0 Å². The van der Waals surface area contributed by atoms with E-state index in [-0.39, 0.29) is 5.91 Å². The van der Waals surface area contributed by atoms with Crippen molar-refractivity contribution >= 4 is 5.91 Å². The normalized spacial score (nSPS) is 17.1. The third kappa shape index (κ3) is 6.36. The zero-order chi connectivity index (χ0) is 13.2. The van der Waals surface area contributed by atoms with E-state index in [1.54, 1.807) is 0 Å². The van der Waals surface area contributed by atoms with Crippen LogP contribution in [0.2, 0.25) is 0 Å². The molecule has 1 aliphatic rings. The third-order valence-corrected chi connectivity index (χ3v) is 3.56. The second kappa shape index (κ2) is 9.34. The molecule has 0 spiro atoms. The summed E-state index contributed by atoms with van der Waals surface area (Å²) < 4.78 is 0. The molecular weight excluding hydrogens is 226 g/mol. The molecule has 4 heteroatoms. The number of nitrogens with zero attached hydrogens (tertiary/aromatic N) is 1. The van der Waals surface area contributed by atoms with Crippen molar-refractivity contribution in [1.82, 2.24) is 10.2 Å². The molecule has 0 saturated heterocycles. The van der Waals surface area contributed by atoms with Crippen LogP contribution in [0.15, 0.2) is 0 Å². The summed E-state index contributed by atoms with van der Waals surface area (Å²) in [5.41, 5.74) is 5.53. The van der Waals surface area contributed by atoms with Crippen LogP contribution >= 0.6 is 0 Å². The molecule has 4 nitrogen and oxygen atoms in total. The maximum atomic E-state index is 12.0. The molecule has 3 N–H and O–H groups in total. The summed E-state index contributed by atoms with van der Waals surface area (Å²) in [5.74, 6) is 0.187. The van der Waals surface area contributed by atoms with Gasteiger partial charge < -0.3 is 11.1 Å². The average Bonchev–Trinajstić information content (AvgIpc) is 2.37. The highest BCUT2D eigenvalue weighted by molar-refractivity contribution is 5.78. The van der Waals surface area contributed by atoms with Gasteiger partial charge >= 0.3 is 0 Å². The summed E-state index contributed by atoms with van der Waals surface area (Å²) in [7, 11) is 0. The maximum Gasteiger partial charge on any atom is 0.234 e. The molecule has 0 heterocycles. The van der Waals surface area contributed by atoms with E-state index in [1.807, 2.05) is 0 Å². The van der Waals surface area contributed by atoms with Crippen LogP contribution in [-0.2, 0) is 4.79 Å². The number of hydrogen-bond acceptors (Lipinski definition) is 3. The van der Waals surface area contributed by atoms with E-state index in [9.17, 15) is 4.79 Å². The summed E-state index contributed by atoms with van der Waals surface area (Å²) in [6.45, 7) is 5.30. The van der Waals surface area contributed by atoms with Gasteiger partial charge in [-0.15, -0.1) is 0 Å². The summed E-state index contributed by atoms with van der Waals surface area (Å²) in [4.78, 5) is 14.2. The standard InChI is InChI=1S/C14H29N3O/c1-2-10-17(11-6-9-15)12-14(18)16-13-7-4-3-5-8-13/h13H,2-12,15H2,1H3,(H,16,18). The Morgan fingerprint density at radius 1 is 1.28 bits per heavy atom. The lowest BCUT2D eigenvalue weighted by atomic mass is 9.95. The Hall–Kier alpha value is -0.610. The monoisotopic (exact) mass is 255 g/mol. The third-order valence-electron chi connectivity index (χ3n) is 3.56. The van der Waals surface area contributed by atoms with Crippen LogP contribution in [0.1, 0.15) is 51.9 Å².